The quantitative estimate of drug-likeness (QED) is 0.813. The fraction of sp³-hybridized carbons (Fsp3) is 0.200. The van der Waals surface area contributed by atoms with Crippen molar-refractivity contribution >= 4 is 33.0 Å². The van der Waals surface area contributed by atoms with Crippen LogP contribution in [0.2, 0.25) is 0 Å². The van der Waals surface area contributed by atoms with Crippen LogP contribution in [0.15, 0.2) is 28.3 Å². The highest BCUT2D eigenvalue weighted by Gasteiger charge is 2.12. The molecule has 15 heavy (non-hydrogen) atoms. The van der Waals surface area contributed by atoms with Gasteiger partial charge in [-0.1, -0.05) is 0 Å². The van der Waals surface area contributed by atoms with E-state index in [4.69, 9.17) is 0 Å². The second-order valence-corrected chi connectivity index (χ2v) is 4.87. The van der Waals surface area contributed by atoms with Crippen molar-refractivity contribution in [3.63, 3.8) is 0 Å². The number of halogens is 1. The topological polar surface area (TPSA) is 34.9 Å². The molecule has 0 aliphatic carbocycles. The molecule has 2 heterocycles. The lowest BCUT2D eigenvalue weighted by atomic mass is 10.2. The number of rotatable bonds is 3. The molecule has 5 heteroatoms. The van der Waals surface area contributed by atoms with E-state index in [0.717, 1.165) is 15.9 Å². The van der Waals surface area contributed by atoms with Gasteiger partial charge in [0.25, 0.3) is 0 Å². The molecule has 0 fully saturated rings. The monoisotopic (exact) mass is 284 g/mol. The molecule has 0 atom stereocenters. The van der Waals surface area contributed by atoms with E-state index in [0.29, 0.717) is 5.56 Å². The van der Waals surface area contributed by atoms with Crippen LogP contribution in [-0.4, -0.2) is 15.6 Å². The van der Waals surface area contributed by atoms with Crippen molar-refractivity contribution in [1.29, 1.82) is 0 Å². The van der Waals surface area contributed by atoms with E-state index in [2.05, 4.69) is 21.0 Å². The van der Waals surface area contributed by atoms with Crippen molar-refractivity contribution in [2.24, 2.45) is 0 Å². The molecule has 0 aromatic carbocycles. The van der Waals surface area contributed by atoms with Gasteiger partial charge in [-0.15, -0.1) is 11.3 Å². The smallest absolute Gasteiger partial charge is 0.206 e. The van der Waals surface area contributed by atoms with Crippen LogP contribution in [0.5, 0.6) is 0 Å². The third-order valence-electron chi connectivity index (χ3n) is 2.01. The van der Waals surface area contributed by atoms with Crippen LogP contribution in [0.4, 0.5) is 0 Å². The molecule has 0 spiro atoms. The first kappa shape index (κ1) is 10.6. The van der Waals surface area contributed by atoms with Gasteiger partial charge in [0.2, 0.25) is 5.78 Å². The lowest BCUT2D eigenvalue weighted by molar-refractivity contribution is 0.104. The molecule has 0 N–H and O–H groups in total. The van der Waals surface area contributed by atoms with E-state index in [1.54, 1.807) is 17.1 Å². The van der Waals surface area contributed by atoms with E-state index < -0.39 is 0 Å². The molecule has 0 saturated carbocycles. The van der Waals surface area contributed by atoms with Crippen LogP contribution < -0.4 is 0 Å². The Morgan fingerprint density at radius 3 is 3.00 bits per heavy atom. The minimum Gasteiger partial charge on any atom is -0.288 e. The summed E-state index contributed by atoms with van der Waals surface area (Å²) in [5.74, 6) is 0.0328. The molecular formula is C10H9BrN2OS. The molecule has 0 bridgehead atoms. The van der Waals surface area contributed by atoms with Crippen molar-refractivity contribution in [3.8, 4) is 0 Å². The number of carbonyl (C=O) groups excluding carboxylic acids is 1. The zero-order chi connectivity index (χ0) is 10.8. The summed E-state index contributed by atoms with van der Waals surface area (Å²) >= 11 is 4.77. The van der Waals surface area contributed by atoms with E-state index in [1.807, 2.05) is 18.4 Å². The summed E-state index contributed by atoms with van der Waals surface area (Å²) in [7, 11) is 0. The number of hydrogen-bond acceptors (Lipinski definition) is 3. The second kappa shape index (κ2) is 4.28. The van der Waals surface area contributed by atoms with Gasteiger partial charge in [0, 0.05) is 22.6 Å². The zero-order valence-electron chi connectivity index (χ0n) is 8.11. The van der Waals surface area contributed by atoms with Crippen molar-refractivity contribution in [2.45, 2.75) is 13.5 Å². The number of aryl methyl sites for hydroxylation is 1. The van der Waals surface area contributed by atoms with Crippen LogP contribution in [0.1, 0.15) is 22.2 Å². The Kier molecular flexibility index (Phi) is 3.02. The van der Waals surface area contributed by atoms with Crippen molar-refractivity contribution in [1.82, 2.24) is 9.78 Å². The maximum absolute atomic E-state index is 11.9. The van der Waals surface area contributed by atoms with Gasteiger partial charge in [-0.25, -0.2) is 0 Å². The molecule has 0 radical (unpaired) electrons. The average Bonchev–Trinajstić information content (AvgIpc) is 2.84. The van der Waals surface area contributed by atoms with Gasteiger partial charge >= 0.3 is 0 Å². The summed E-state index contributed by atoms with van der Waals surface area (Å²) in [6.45, 7) is 2.77. The predicted molar refractivity (Wildman–Crippen MR) is 63.4 cm³/mol. The molecule has 0 saturated heterocycles. The fourth-order valence-corrected chi connectivity index (χ4v) is 2.62. The Hall–Kier alpha value is -0.940. The maximum atomic E-state index is 11.9. The maximum Gasteiger partial charge on any atom is 0.206 e. The van der Waals surface area contributed by atoms with Gasteiger partial charge in [0.15, 0.2) is 0 Å². The number of ketones is 1. The highest BCUT2D eigenvalue weighted by atomic mass is 79.9. The lowest BCUT2D eigenvalue weighted by Crippen LogP contribution is -1.97. The number of nitrogens with zero attached hydrogens (tertiary/aromatic N) is 2. The number of aromatic nitrogens is 2. The van der Waals surface area contributed by atoms with E-state index in [-0.39, 0.29) is 5.78 Å². The molecule has 0 amide bonds. The molecule has 2 rings (SSSR count). The molecule has 2 aromatic rings. The second-order valence-electron chi connectivity index (χ2n) is 3.04. The van der Waals surface area contributed by atoms with Gasteiger partial charge in [-0.2, -0.15) is 5.10 Å². The summed E-state index contributed by atoms with van der Waals surface area (Å²) in [5.41, 5.74) is 0.645. The Morgan fingerprint density at radius 2 is 2.47 bits per heavy atom. The summed E-state index contributed by atoms with van der Waals surface area (Å²) in [6, 6.07) is 1.83. The average molecular weight is 285 g/mol. The Labute approximate surface area is 99.9 Å². The zero-order valence-corrected chi connectivity index (χ0v) is 10.5. The van der Waals surface area contributed by atoms with Crippen LogP contribution in [0.3, 0.4) is 0 Å². The van der Waals surface area contributed by atoms with Crippen molar-refractivity contribution in [2.75, 3.05) is 0 Å². The van der Waals surface area contributed by atoms with Gasteiger partial charge < -0.3 is 0 Å². The fourth-order valence-electron chi connectivity index (χ4n) is 1.23. The summed E-state index contributed by atoms with van der Waals surface area (Å²) in [4.78, 5) is 12.7. The Morgan fingerprint density at radius 1 is 1.67 bits per heavy atom. The lowest BCUT2D eigenvalue weighted by Gasteiger charge is -1.92. The first-order valence-electron chi connectivity index (χ1n) is 4.52. The minimum atomic E-state index is 0.0328. The molecule has 0 aliphatic rings. The molecular weight excluding hydrogens is 276 g/mol. The van der Waals surface area contributed by atoms with Crippen LogP contribution in [0.25, 0.3) is 0 Å². The molecule has 0 unspecified atom stereocenters. The first-order valence-corrected chi connectivity index (χ1v) is 6.19. The molecule has 78 valence electrons. The van der Waals surface area contributed by atoms with Crippen molar-refractivity contribution in [3.05, 3.63) is 38.8 Å². The summed E-state index contributed by atoms with van der Waals surface area (Å²) in [6.07, 6.45) is 3.38. The van der Waals surface area contributed by atoms with E-state index in [9.17, 15) is 4.79 Å². The standard InChI is InChI=1S/C10H9BrN2OS/c1-2-13-5-7(4-12-13)10(14)9-3-8(11)6-15-9/h3-6H,2H2,1H3. The third kappa shape index (κ3) is 2.18. The van der Waals surface area contributed by atoms with Crippen LogP contribution in [-0.2, 0) is 6.54 Å². The molecule has 2 aromatic heterocycles. The van der Waals surface area contributed by atoms with Crippen LogP contribution >= 0.6 is 27.3 Å². The molecule has 0 aliphatic heterocycles. The SMILES string of the molecule is CCn1cc(C(=O)c2cc(Br)cs2)cn1. The number of thiophene rings is 1. The predicted octanol–water partition coefficient (Wildman–Crippen LogP) is 2.96. The van der Waals surface area contributed by atoms with Gasteiger partial charge in [-0.3, -0.25) is 9.48 Å². The van der Waals surface area contributed by atoms with E-state index in [1.165, 1.54) is 11.3 Å². The van der Waals surface area contributed by atoms with Gasteiger partial charge in [0.05, 0.1) is 16.6 Å². The highest BCUT2D eigenvalue weighted by molar-refractivity contribution is 9.10. The van der Waals surface area contributed by atoms with Gasteiger partial charge in [0.1, 0.15) is 0 Å². The highest BCUT2D eigenvalue weighted by Crippen LogP contribution is 2.22. The normalized spacial score (nSPS) is 10.5. The molecule has 3 nitrogen and oxygen atoms in total. The number of carbonyl (C=O) groups is 1. The summed E-state index contributed by atoms with van der Waals surface area (Å²) in [5, 5.41) is 5.98. The Bertz CT molecular complexity index is 489. The van der Waals surface area contributed by atoms with Gasteiger partial charge in [-0.05, 0) is 28.9 Å². The summed E-state index contributed by atoms with van der Waals surface area (Å²) < 4.78 is 2.69. The number of hydrogen-bond donors (Lipinski definition) is 0. The van der Waals surface area contributed by atoms with Crippen LogP contribution in [0, 0.1) is 0 Å². The third-order valence-corrected chi connectivity index (χ3v) is 3.70. The van der Waals surface area contributed by atoms with Crippen molar-refractivity contribution < 1.29 is 4.79 Å². The van der Waals surface area contributed by atoms with E-state index >= 15 is 0 Å². The minimum absolute atomic E-state index is 0.0328. The largest absolute Gasteiger partial charge is 0.288 e. The Balaban J connectivity index is 2.28. The first-order chi connectivity index (χ1) is 7.20.